The van der Waals surface area contributed by atoms with Gasteiger partial charge >= 0.3 is 0 Å². The summed E-state index contributed by atoms with van der Waals surface area (Å²) in [5, 5.41) is 16.4. The lowest BCUT2D eigenvalue weighted by atomic mass is 9.97. The van der Waals surface area contributed by atoms with Crippen molar-refractivity contribution >= 4 is 17.3 Å². The van der Waals surface area contributed by atoms with Crippen molar-refractivity contribution in [3.8, 4) is 5.75 Å². The van der Waals surface area contributed by atoms with Crippen LogP contribution in [-0.2, 0) is 11.4 Å². The number of aliphatic hydroxyl groups is 1. The van der Waals surface area contributed by atoms with Crippen LogP contribution < -0.4 is 15.0 Å². The van der Waals surface area contributed by atoms with E-state index >= 15 is 0 Å². The maximum absolute atomic E-state index is 13.7. The lowest BCUT2D eigenvalue weighted by molar-refractivity contribution is 0.0857. The fraction of sp³-hybridized carbons (Fsp3) is 0.379. The van der Waals surface area contributed by atoms with Crippen LogP contribution in [0.3, 0.4) is 0 Å². The molecule has 1 amide bonds. The van der Waals surface area contributed by atoms with Gasteiger partial charge in [-0.3, -0.25) is 4.79 Å². The molecule has 1 fully saturated rings. The summed E-state index contributed by atoms with van der Waals surface area (Å²) in [5.41, 5.74) is 4.29. The Labute approximate surface area is 226 Å². The number of carbonyl (C=O) groups is 1. The van der Waals surface area contributed by atoms with E-state index in [1.54, 1.807) is 25.1 Å². The minimum atomic E-state index is -0.462. The Bertz CT molecular complexity index is 1360. The molecule has 0 aliphatic carbocycles. The van der Waals surface area contributed by atoms with Crippen molar-refractivity contribution in [1.82, 2.24) is 15.3 Å². The van der Waals surface area contributed by atoms with Crippen LogP contribution in [0.15, 0.2) is 53.7 Å². The molecule has 2 aromatic carbocycles. The lowest BCUT2D eigenvalue weighted by Crippen LogP contribution is -2.34. The van der Waals surface area contributed by atoms with Crippen LogP contribution in [0.4, 0.5) is 10.1 Å². The standard InChI is InChI=1S/C29H32FN5O4/c1-18-32-24(14-26(33-18)29(37)31-16-20-3-8-23(30)28(13-20)38-2)25-15-27(39-34-25)21-4-6-22(7-5-21)35-11-9-19(17-36)10-12-35/h3-8,13-14,19,27,36H,9-12,15-17H2,1-2H3,(H,31,37). The SMILES string of the molecule is COc1cc(CNC(=O)c2cc(C3=NOC(c4ccc(N5CCC(CO)CC5)cc4)C3)nc(C)n2)ccc1F. The Balaban J connectivity index is 1.21. The second-order valence-electron chi connectivity index (χ2n) is 9.88. The Morgan fingerprint density at radius 2 is 1.92 bits per heavy atom. The number of hydrogen-bond donors (Lipinski definition) is 2. The zero-order valence-corrected chi connectivity index (χ0v) is 22.1. The van der Waals surface area contributed by atoms with E-state index in [4.69, 9.17) is 9.57 Å². The van der Waals surface area contributed by atoms with E-state index in [-0.39, 0.29) is 36.6 Å². The quantitative estimate of drug-likeness (QED) is 0.452. The molecule has 9 nitrogen and oxygen atoms in total. The number of nitrogens with zero attached hydrogens (tertiary/aromatic N) is 4. The summed E-state index contributed by atoms with van der Waals surface area (Å²) in [5.74, 6) is 0.129. The smallest absolute Gasteiger partial charge is 0.270 e. The third-order valence-corrected chi connectivity index (χ3v) is 7.21. The molecule has 5 rings (SSSR count). The molecule has 2 aliphatic rings. The lowest BCUT2D eigenvalue weighted by Gasteiger charge is -2.33. The number of aliphatic hydroxyl groups excluding tert-OH is 1. The number of rotatable bonds is 8. The zero-order chi connectivity index (χ0) is 27.4. The van der Waals surface area contributed by atoms with Crippen molar-refractivity contribution in [2.24, 2.45) is 11.1 Å². The van der Waals surface area contributed by atoms with Crippen LogP contribution in [0.5, 0.6) is 5.75 Å². The van der Waals surface area contributed by atoms with E-state index in [9.17, 15) is 14.3 Å². The summed E-state index contributed by atoms with van der Waals surface area (Å²) in [6, 6.07) is 14.4. The monoisotopic (exact) mass is 533 g/mol. The Morgan fingerprint density at radius 1 is 1.15 bits per heavy atom. The first-order chi connectivity index (χ1) is 18.9. The highest BCUT2D eigenvalue weighted by molar-refractivity contribution is 6.02. The van der Waals surface area contributed by atoms with Crippen LogP contribution in [0.25, 0.3) is 0 Å². The Hall–Kier alpha value is -4.05. The van der Waals surface area contributed by atoms with Crippen molar-refractivity contribution in [2.75, 3.05) is 31.7 Å². The summed E-state index contributed by atoms with van der Waals surface area (Å²) in [4.78, 5) is 29.7. The summed E-state index contributed by atoms with van der Waals surface area (Å²) in [7, 11) is 1.39. The van der Waals surface area contributed by atoms with Crippen LogP contribution in [0.2, 0.25) is 0 Å². The summed E-state index contributed by atoms with van der Waals surface area (Å²) >= 11 is 0. The van der Waals surface area contributed by atoms with Gasteiger partial charge in [-0.2, -0.15) is 0 Å². The summed E-state index contributed by atoms with van der Waals surface area (Å²) in [6.07, 6.45) is 2.28. The normalized spacial score (nSPS) is 17.5. The van der Waals surface area contributed by atoms with E-state index in [1.807, 2.05) is 0 Å². The molecule has 1 atom stereocenters. The number of nitrogens with one attached hydrogen (secondary N) is 1. The van der Waals surface area contributed by atoms with Gasteiger partial charge in [0.15, 0.2) is 17.7 Å². The molecule has 204 valence electrons. The van der Waals surface area contributed by atoms with Gasteiger partial charge in [-0.1, -0.05) is 23.4 Å². The Morgan fingerprint density at radius 3 is 2.64 bits per heavy atom. The molecule has 1 saturated heterocycles. The van der Waals surface area contributed by atoms with Gasteiger partial charge in [-0.15, -0.1) is 0 Å². The third-order valence-electron chi connectivity index (χ3n) is 7.21. The van der Waals surface area contributed by atoms with E-state index < -0.39 is 5.82 Å². The number of amides is 1. The largest absolute Gasteiger partial charge is 0.494 e. The molecular formula is C29H32FN5O4. The van der Waals surface area contributed by atoms with Gasteiger partial charge < -0.3 is 24.9 Å². The van der Waals surface area contributed by atoms with E-state index in [0.717, 1.165) is 37.2 Å². The molecule has 3 heterocycles. The number of halogens is 1. The molecule has 2 N–H and O–H groups in total. The number of hydrogen-bond acceptors (Lipinski definition) is 8. The second kappa shape index (κ2) is 11.8. The molecular weight excluding hydrogens is 501 g/mol. The predicted molar refractivity (Wildman–Crippen MR) is 144 cm³/mol. The number of aryl methyl sites for hydroxylation is 1. The van der Waals surface area contributed by atoms with Gasteiger partial charge in [0.05, 0.1) is 12.8 Å². The Kier molecular flexibility index (Phi) is 8.02. The molecule has 3 aromatic rings. The average molecular weight is 534 g/mol. The highest BCUT2D eigenvalue weighted by Gasteiger charge is 2.26. The molecule has 1 unspecified atom stereocenters. The van der Waals surface area contributed by atoms with Crippen molar-refractivity contribution in [3.63, 3.8) is 0 Å². The number of piperidine rings is 1. The van der Waals surface area contributed by atoms with Crippen molar-refractivity contribution in [1.29, 1.82) is 0 Å². The number of aromatic nitrogens is 2. The topological polar surface area (TPSA) is 109 Å². The molecule has 0 radical (unpaired) electrons. The van der Waals surface area contributed by atoms with Gasteiger partial charge in [-0.25, -0.2) is 14.4 Å². The first-order valence-corrected chi connectivity index (χ1v) is 13.1. The molecule has 1 aromatic heterocycles. The highest BCUT2D eigenvalue weighted by atomic mass is 19.1. The molecule has 39 heavy (non-hydrogen) atoms. The predicted octanol–water partition coefficient (Wildman–Crippen LogP) is 3.94. The molecule has 2 aliphatic heterocycles. The average Bonchev–Trinajstić information content (AvgIpc) is 3.47. The van der Waals surface area contributed by atoms with Crippen molar-refractivity contribution in [3.05, 3.63) is 82.7 Å². The van der Waals surface area contributed by atoms with Gasteiger partial charge in [0.1, 0.15) is 17.2 Å². The van der Waals surface area contributed by atoms with Gasteiger partial charge in [0.25, 0.3) is 5.91 Å². The fourth-order valence-electron chi connectivity index (χ4n) is 4.90. The number of carbonyl (C=O) groups excluding carboxylic acids is 1. The first kappa shape index (κ1) is 26.6. The van der Waals surface area contributed by atoms with E-state index in [1.165, 1.54) is 13.2 Å². The molecule has 0 bridgehead atoms. The number of anilines is 1. The van der Waals surface area contributed by atoms with Crippen LogP contribution in [0.1, 0.15) is 58.5 Å². The van der Waals surface area contributed by atoms with Crippen LogP contribution in [0, 0.1) is 18.7 Å². The minimum absolute atomic E-state index is 0.119. The number of benzene rings is 2. The van der Waals surface area contributed by atoms with Crippen molar-refractivity contribution < 1.29 is 23.9 Å². The van der Waals surface area contributed by atoms with Crippen LogP contribution >= 0.6 is 0 Å². The summed E-state index contributed by atoms with van der Waals surface area (Å²) < 4.78 is 18.7. The number of ether oxygens (including phenoxy) is 1. The summed E-state index contributed by atoms with van der Waals surface area (Å²) in [6.45, 7) is 4.06. The first-order valence-electron chi connectivity index (χ1n) is 13.1. The van der Waals surface area contributed by atoms with Gasteiger partial charge in [-0.05, 0) is 67.1 Å². The van der Waals surface area contributed by atoms with Crippen LogP contribution in [-0.4, -0.2) is 53.5 Å². The fourth-order valence-corrected chi connectivity index (χ4v) is 4.90. The second-order valence-corrected chi connectivity index (χ2v) is 9.88. The third kappa shape index (κ3) is 6.17. The molecule has 10 heteroatoms. The molecule has 0 spiro atoms. The van der Waals surface area contributed by atoms with E-state index in [0.29, 0.717) is 35.1 Å². The minimum Gasteiger partial charge on any atom is -0.494 e. The van der Waals surface area contributed by atoms with Gasteiger partial charge in [0, 0.05) is 38.3 Å². The number of methoxy groups -OCH3 is 1. The maximum Gasteiger partial charge on any atom is 0.270 e. The molecule has 0 saturated carbocycles. The van der Waals surface area contributed by atoms with E-state index in [2.05, 4.69) is 49.6 Å². The number of oxime groups is 1. The highest BCUT2D eigenvalue weighted by Crippen LogP contribution is 2.31. The maximum atomic E-state index is 13.7. The van der Waals surface area contributed by atoms with Crippen molar-refractivity contribution in [2.45, 2.75) is 38.8 Å². The zero-order valence-electron chi connectivity index (χ0n) is 22.1. The van der Waals surface area contributed by atoms with Gasteiger partial charge in [0.2, 0.25) is 0 Å².